The van der Waals surface area contributed by atoms with Gasteiger partial charge in [-0.1, -0.05) is 0 Å². The number of oxazole rings is 1. The number of hydrogen-bond acceptors (Lipinski definition) is 7. The number of amides is 2. The van der Waals surface area contributed by atoms with Gasteiger partial charge in [0.15, 0.2) is 11.5 Å². The maximum absolute atomic E-state index is 13.2. The van der Waals surface area contributed by atoms with Gasteiger partial charge in [-0.25, -0.2) is 9.97 Å². The molecule has 1 fully saturated rings. The number of halogens is 3. The van der Waals surface area contributed by atoms with E-state index < -0.39 is 17.8 Å². The number of aromatic nitrogens is 2. The molecule has 1 saturated heterocycles. The second-order valence-electron chi connectivity index (χ2n) is 7.84. The molecule has 2 aromatic heterocycles. The SMILES string of the molecule is COc1ccc(-c2nc(C(=O)N3CC[C@@H](NC(C)=O)C3)c(CN)o2)c2ccc(C(F)(F)F)nc12. The van der Waals surface area contributed by atoms with Gasteiger partial charge in [-0.05, 0) is 30.7 Å². The number of likely N-dealkylation sites (tertiary alicyclic amines) is 1. The highest BCUT2D eigenvalue weighted by molar-refractivity contribution is 5.98. The van der Waals surface area contributed by atoms with Gasteiger partial charge < -0.3 is 25.1 Å². The Morgan fingerprint density at radius 1 is 1.26 bits per heavy atom. The van der Waals surface area contributed by atoms with Gasteiger partial charge in [0.05, 0.1) is 13.7 Å². The first-order valence-corrected chi connectivity index (χ1v) is 10.4. The van der Waals surface area contributed by atoms with E-state index in [-0.39, 0.29) is 47.1 Å². The van der Waals surface area contributed by atoms with Crippen LogP contribution >= 0.6 is 0 Å². The van der Waals surface area contributed by atoms with Crippen LogP contribution in [0.1, 0.15) is 35.3 Å². The van der Waals surface area contributed by atoms with Crippen LogP contribution in [0.25, 0.3) is 22.4 Å². The second kappa shape index (κ2) is 8.93. The van der Waals surface area contributed by atoms with Crippen LogP contribution in [-0.2, 0) is 17.5 Å². The van der Waals surface area contributed by atoms with E-state index in [1.54, 1.807) is 11.0 Å². The third-order valence-corrected chi connectivity index (χ3v) is 5.53. The maximum Gasteiger partial charge on any atom is 0.433 e. The minimum Gasteiger partial charge on any atom is -0.494 e. The zero-order chi connectivity index (χ0) is 24.6. The van der Waals surface area contributed by atoms with E-state index in [1.165, 1.54) is 26.2 Å². The molecule has 1 atom stereocenters. The van der Waals surface area contributed by atoms with Gasteiger partial charge in [-0.2, -0.15) is 13.2 Å². The van der Waals surface area contributed by atoms with E-state index in [4.69, 9.17) is 14.9 Å². The molecule has 0 spiro atoms. The van der Waals surface area contributed by atoms with Crippen LogP contribution in [-0.4, -0.2) is 52.9 Å². The highest BCUT2D eigenvalue weighted by atomic mass is 19.4. The first kappa shape index (κ1) is 23.5. The molecular weight excluding hydrogens is 455 g/mol. The molecule has 4 rings (SSSR count). The predicted octanol–water partition coefficient (Wildman–Crippen LogP) is 2.73. The van der Waals surface area contributed by atoms with E-state index in [2.05, 4.69) is 15.3 Å². The normalized spacial score (nSPS) is 16.2. The number of hydrogen-bond donors (Lipinski definition) is 2. The Hall–Kier alpha value is -3.67. The van der Waals surface area contributed by atoms with Crippen LogP contribution in [0.15, 0.2) is 28.7 Å². The van der Waals surface area contributed by atoms with E-state index in [1.807, 2.05) is 0 Å². The van der Waals surface area contributed by atoms with Crippen LogP contribution in [0.2, 0.25) is 0 Å². The van der Waals surface area contributed by atoms with Gasteiger partial charge in [0, 0.05) is 37.0 Å². The number of carbonyl (C=O) groups excluding carboxylic acids is 2. The molecule has 2 amide bonds. The van der Waals surface area contributed by atoms with Gasteiger partial charge >= 0.3 is 6.18 Å². The van der Waals surface area contributed by atoms with Crippen molar-refractivity contribution in [2.24, 2.45) is 5.73 Å². The fourth-order valence-corrected chi connectivity index (χ4v) is 3.97. The molecular formula is C22H22F3N5O4. The molecule has 0 aliphatic carbocycles. The summed E-state index contributed by atoms with van der Waals surface area (Å²) in [4.78, 5) is 34.0. The number of alkyl halides is 3. The Balaban J connectivity index is 1.73. The Kier molecular flexibility index (Phi) is 6.17. The van der Waals surface area contributed by atoms with E-state index in [0.717, 1.165) is 6.07 Å². The summed E-state index contributed by atoms with van der Waals surface area (Å²) in [5.41, 5.74) is 5.05. The highest BCUT2D eigenvalue weighted by Crippen LogP contribution is 2.37. The van der Waals surface area contributed by atoms with Crippen molar-refractivity contribution in [1.82, 2.24) is 20.2 Å². The monoisotopic (exact) mass is 477 g/mol. The van der Waals surface area contributed by atoms with Crippen molar-refractivity contribution in [2.45, 2.75) is 32.1 Å². The Morgan fingerprint density at radius 3 is 2.68 bits per heavy atom. The number of nitrogens with zero attached hydrogens (tertiary/aromatic N) is 3. The molecule has 3 N–H and O–H groups in total. The van der Waals surface area contributed by atoms with E-state index in [0.29, 0.717) is 30.5 Å². The lowest BCUT2D eigenvalue weighted by atomic mass is 10.1. The first-order chi connectivity index (χ1) is 16.1. The predicted molar refractivity (Wildman–Crippen MR) is 115 cm³/mol. The molecule has 34 heavy (non-hydrogen) atoms. The highest BCUT2D eigenvalue weighted by Gasteiger charge is 2.34. The van der Waals surface area contributed by atoms with Crippen molar-refractivity contribution < 1.29 is 31.9 Å². The van der Waals surface area contributed by atoms with Gasteiger partial charge in [0.2, 0.25) is 11.8 Å². The quantitative estimate of drug-likeness (QED) is 0.579. The molecule has 1 aliphatic heterocycles. The number of nitrogens with two attached hydrogens (primary N) is 1. The summed E-state index contributed by atoms with van der Waals surface area (Å²) in [5.74, 6) is -0.270. The summed E-state index contributed by atoms with van der Waals surface area (Å²) >= 11 is 0. The average Bonchev–Trinajstić information content (AvgIpc) is 3.43. The Bertz CT molecular complexity index is 1260. The van der Waals surface area contributed by atoms with E-state index in [9.17, 15) is 22.8 Å². The Labute approximate surface area is 192 Å². The van der Waals surface area contributed by atoms with Crippen LogP contribution in [0.5, 0.6) is 5.75 Å². The number of pyridine rings is 1. The molecule has 0 radical (unpaired) electrons. The van der Waals surface area contributed by atoms with Crippen molar-refractivity contribution >= 4 is 22.7 Å². The fourth-order valence-electron chi connectivity index (χ4n) is 3.97. The largest absolute Gasteiger partial charge is 0.494 e. The lowest BCUT2D eigenvalue weighted by Gasteiger charge is -2.15. The number of benzene rings is 1. The number of ether oxygens (including phenoxy) is 1. The van der Waals surface area contributed by atoms with Crippen LogP contribution < -0.4 is 15.8 Å². The summed E-state index contributed by atoms with van der Waals surface area (Å²) in [5, 5.41) is 3.09. The lowest BCUT2D eigenvalue weighted by molar-refractivity contribution is -0.141. The Morgan fingerprint density at radius 2 is 2.03 bits per heavy atom. The van der Waals surface area contributed by atoms with Gasteiger partial charge in [-0.15, -0.1) is 0 Å². The van der Waals surface area contributed by atoms with Gasteiger partial charge in [-0.3, -0.25) is 9.59 Å². The third kappa shape index (κ3) is 4.40. The third-order valence-electron chi connectivity index (χ3n) is 5.53. The van der Waals surface area contributed by atoms with Crippen molar-refractivity contribution in [3.8, 4) is 17.2 Å². The zero-order valence-corrected chi connectivity index (χ0v) is 18.4. The zero-order valence-electron chi connectivity index (χ0n) is 18.4. The summed E-state index contributed by atoms with van der Waals surface area (Å²) in [7, 11) is 1.33. The van der Waals surface area contributed by atoms with Crippen molar-refractivity contribution in [3.05, 3.63) is 41.4 Å². The summed E-state index contributed by atoms with van der Waals surface area (Å²) < 4.78 is 50.5. The van der Waals surface area contributed by atoms with Gasteiger partial charge in [0.25, 0.3) is 5.91 Å². The molecule has 3 aromatic rings. The topological polar surface area (TPSA) is 124 Å². The number of nitrogens with one attached hydrogen (secondary N) is 1. The smallest absolute Gasteiger partial charge is 0.433 e. The van der Waals surface area contributed by atoms with Crippen molar-refractivity contribution in [1.29, 1.82) is 0 Å². The molecule has 9 nitrogen and oxygen atoms in total. The van der Waals surface area contributed by atoms with Crippen LogP contribution in [0, 0.1) is 0 Å². The maximum atomic E-state index is 13.2. The summed E-state index contributed by atoms with van der Waals surface area (Å²) in [6.07, 6.45) is -4.03. The molecule has 0 unspecified atom stereocenters. The van der Waals surface area contributed by atoms with Crippen LogP contribution in [0.4, 0.5) is 13.2 Å². The molecule has 12 heteroatoms. The number of rotatable bonds is 5. The molecule has 1 aliphatic rings. The fraction of sp³-hybridized carbons (Fsp3) is 0.364. The van der Waals surface area contributed by atoms with E-state index >= 15 is 0 Å². The molecule has 180 valence electrons. The van der Waals surface area contributed by atoms with Crippen molar-refractivity contribution in [3.63, 3.8) is 0 Å². The molecule has 0 bridgehead atoms. The number of carbonyl (C=O) groups is 2. The average molecular weight is 477 g/mol. The number of methoxy groups -OCH3 is 1. The minimum atomic E-state index is -4.63. The molecule has 1 aromatic carbocycles. The minimum absolute atomic E-state index is 0.0183. The molecule has 0 saturated carbocycles. The second-order valence-corrected chi connectivity index (χ2v) is 7.84. The lowest BCUT2D eigenvalue weighted by Crippen LogP contribution is -2.37. The summed E-state index contributed by atoms with van der Waals surface area (Å²) in [6.45, 7) is 2.04. The first-order valence-electron chi connectivity index (χ1n) is 10.4. The van der Waals surface area contributed by atoms with Crippen LogP contribution in [0.3, 0.4) is 0 Å². The summed E-state index contributed by atoms with van der Waals surface area (Å²) in [6, 6.07) is 4.98. The standard InChI is InChI=1S/C22H22F3N5O4/c1-11(31)27-12-7-8-30(10-12)21(32)19-16(9-26)34-20(29-19)14-3-5-15(33-2)18-13(14)4-6-17(28-18)22(23,24)25/h3-6,12H,7-10,26H2,1-2H3,(H,27,31)/t12-/m1/s1. The molecule has 3 heterocycles. The van der Waals surface area contributed by atoms with Crippen molar-refractivity contribution in [2.75, 3.05) is 20.2 Å². The van der Waals surface area contributed by atoms with Gasteiger partial charge in [0.1, 0.15) is 17.0 Å². The number of fused-ring (bicyclic) bond motifs is 1.